The number of benzene rings is 2. The summed E-state index contributed by atoms with van der Waals surface area (Å²) in [6.45, 7) is 1.92. The van der Waals surface area contributed by atoms with Crippen molar-refractivity contribution in [2.75, 3.05) is 5.32 Å². The third-order valence-corrected chi connectivity index (χ3v) is 5.13. The van der Waals surface area contributed by atoms with Crippen LogP contribution in [0.3, 0.4) is 0 Å². The highest BCUT2D eigenvalue weighted by molar-refractivity contribution is 9.10. The SMILES string of the molecule is Cc1ccc(-n2c(=O)[nH]c3c(C(=O)Nc4cccc(Br)c4)cn(C)c3c2=O)cc1. The van der Waals surface area contributed by atoms with E-state index >= 15 is 0 Å². The van der Waals surface area contributed by atoms with Gasteiger partial charge in [0, 0.05) is 23.4 Å². The molecule has 4 aromatic rings. The lowest BCUT2D eigenvalue weighted by molar-refractivity contribution is 0.102. The van der Waals surface area contributed by atoms with E-state index in [0.29, 0.717) is 11.4 Å². The van der Waals surface area contributed by atoms with Crippen molar-refractivity contribution in [3.63, 3.8) is 0 Å². The maximum Gasteiger partial charge on any atom is 0.333 e. The molecule has 0 saturated carbocycles. The zero-order chi connectivity index (χ0) is 20.7. The molecule has 7 nitrogen and oxygen atoms in total. The molecule has 0 spiro atoms. The molecule has 0 unspecified atom stereocenters. The molecule has 2 aromatic carbocycles. The number of anilines is 1. The van der Waals surface area contributed by atoms with Gasteiger partial charge in [0.2, 0.25) is 0 Å². The standard InChI is InChI=1S/C21H17BrN4O3/c1-12-6-8-15(9-7-12)26-20(28)18-17(24-21(26)29)16(11-25(18)2)19(27)23-14-5-3-4-13(22)10-14/h3-11H,1-2H3,(H,23,27)(H,24,29). The fraction of sp³-hybridized carbons (Fsp3) is 0.0952. The van der Waals surface area contributed by atoms with Crippen LogP contribution in [-0.2, 0) is 7.05 Å². The number of nitrogens with zero attached hydrogens (tertiary/aromatic N) is 2. The van der Waals surface area contributed by atoms with Gasteiger partial charge in [0.15, 0.2) is 0 Å². The Bertz CT molecular complexity index is 1360. The molecule has 0 aliphatic carbocycles. The Balaban J connectivity index is 1.84. The van der Waals surface area contributed by atoms with Crippen molar-refractivity contribution >= 4 is 38.6 Å². The largest absolute Gasteiger partial charge is 0.344 e. The summed E-state index contributed by atoms with van der Waals surface area (Å²) < 4.78 is 3.44. The summed E-state index contributed by atoms with van der Waals surface area (Å²) in [5.41, 5.74) is 1.65. The second-order valence-corrected chi connectivity index (χ2v) is 7.66. The van der Waals surface area contributed by atoms with E-state index in [-0.39, 0.29) is 16.6 Å². The number of fused-ring (bicyclic) bond motifs is 1. The third kappa shape index (κ3) is 3.42. The summed E-state index contributed by atoms with van der Waals surface area (Å²) in [7, 11) is 1.66. The van der Waals surface area contributed by atoms with Crippen molar-refractivity contribution in [1.82, 2.24) is 14.1 Å². The van der Waals surface area contributed by atoms with Gasteiger partial charge in [-0.3, -0.25) is 9.59 Å². The number of aromatic nitrogens is 3. The first-order valence-electron chi connectivity index (χ1n) is 8.83. The fourth-order valence-electron chi connectivity index (χ4n) is 3.24. The molecule has 2 N–H and O–H groups in total. The summed E-state index contributed by atoms with van der Waals surface area (Å²) in [5.74, 6) is -0.420. The van der Waals surface area contributed by atoms with E-state index < -0.39 is 17.2 Å². The van der Waals surface area contributed by atoms with Crippen LogP contribution in [0.2, 0.25) is 0 Å². The van der Waals surface area contributed by atoms with E-state index in [1.54, 1.807) is 41.9 Å². The lowest BCUT2D eigenvalue weighted by Gasteiger charge is -2.07. The Morgan fingerprint density at radius 2 is 1.83 bits per heavy atom. The number of carbonyl (C=O) groups is 1. The van der Waals surface area contributed by atoms with Gasteiger partial charge in [0.25, 0.3) is 11.5 Å². The van der Waals surface area contributed by atoms with E-state index in [0.717, 1.165) is 14.6 Å². The van der Waals surface area contributed by atoms with Crippen LogP contribution < -0.4 is 16.6 Å². The predicted octanol–water partition coefficient (Wildman–Crippen LogP) is 3.34. The highest BCUT2D eigenvalue weighted by Crippen LogP contribution is 2.19. The van der Waals surface area contributed by atoms with Crippen LogP contribution >= 0.6 is 15.9 Å². The van der Waals surface area contributed by atoms with Crippen molar-refractivity contribution in [3.05, 3.63) is 91.2 Å². The van der Waals surface area contributed by atoms with E-state index in [1.165, 1.54) is 6.20 Å². The van der Waals surface area contributed by atoms with Crippen LogP contribution in [-0.4, -0.2) is 20.0 Å². The maximum atomic E-state index is 13.1. The minimum absolute atomic E-state index is 0.207. The molecular formula is C21H17BrN4O3. The molecule has 2 heterocycles. The summed E-state index contributed by atoms with van der Waals surface area (Å²) in [6, 6.07) is 14.2. The number of halogens is 1. The Labute approximate surface area is 173 Å². The van der Waals surface area contributed by atoms with Crippen LogP contribution in [0.5, 0.6) is 0 Å². The Hall–Kier alpha value is -3.39. The third-order valence-electron chi connectivity index (χ3n) is 4.64. The maximum absolute atomic E-state index is 13.1. The number of rotatable bonds is 3. The Morgan fingerprint density at radius 1 is 1.10 bits per heavy atom. The summed E-state index contributed by atoms with van der Waals surface area (Å²) in [5, 5.41) is 2.78. The molecule has 0 saturated heterocycles. The fourth-order valence-corrected chi connectivity index (χ4v) is 3.64. The van der Waals surface area contributed by atoms with Gasteiger partial charge in [-0.15, -0.1) is 0 Å². The highest BCUT2D eigenvalue weighted by atomic mass is 79.9. The number of carbonyl (C=O) groups excluding carboxylic acids is 1. The molecule has 0 fully saturated rings. The lowest BCUT2D eigenvalue weighted by atomic mass is 10.2. The predicted molar refractivity (Wildman–Crippen MR) is 116 cm³/mol. The lowest BCUT2D eigenvalue weighted by Crippen LogP contribution is -2.34. The Morgan fingerprint density at radius 3 is 2.52 bits per heavy atom. The number of nitrogens with one attached hydrogen (secondary N) is 2. The number of H-pyrrole nitrogens is 1. The minimum Gasteiger partial charge on any atom is -0.344 e. The first-order valence-corrected chi connectivity index (χ1v) is 9.63. The first kappa shape index (κ1) is 18.9. The second kappa shape index (κ2) is 7.21. The average molecular weight is 453 g/mol. The van der Waals surface area contributed by atoms with Crippen LogP contribution in [0, 0.1) is 6.92 Å². The van der Waals surface area contributed by atoms with Crippen molar-refractivity contribution < 1.29 is 4.79 Å². The number of hydrogen-bond donors (Lipinski definition) is 2. The molecule has 146 valence electrons. The number of amides is 1. The summed E-state index contributed by atoms with van der Waals surface area (Å²) in [6.07, 6.45) is 1.54. The molecule has 0 radical (unpaired) electrons. The number of aryl methyl sites for hydroxylation is 2. The van der Waals surface area contributed by atoms with Crippen molar-refractivity contribution in [2.45, 2.75) is 6.92 Å². The molecule has 0 atom stereocenters. The van der Waals surface area contributed by atoms with Gasteiger partial charge in [0.1, 0.15) is 5.52 Å². The van der Waals surface area contributed by atoms with Gasteiger partial charge < -0.3 is 14.9 Å². The molecular weight excluding hydrogens is 436 g/mol. The molecule has 0 aliphatic heterocycles. The molecule has 8 heteroatoms. The van der Waals surface area contributed by atoms with Crippen molar-refractivity contribution in [3.8, 4) is 5.69 Å². The van der Waals surface area contributed by atoms with Gasteiger partial charge >= 0.3 is 5.69 Å². The zero-order valence-electron chi connectivity index (χ0n) is 15.7. The van der Waals surface area contributed by atoms with E-state index in [9.17, 15) is 14.4 Å². The van der Waals surface area contributed by atoms with Crippen molar-refractivity contribution in [1.29, 1.82) is 0 Å². The number of aromatic amines is 1. The second-order valence-electron chi connectivity index (χ2n) is 6.75. The molecule has 1 amide bonds. The van der Waals surface area contributed by atoms with Gasteiger partial charge in [-0.05, 0) is 37.3 Å². The normalized spacial score (nSPS) is 11.0. The van der Waals surface area contributed by atoms with Gasteiger partial charge in [-0.25, -0.2) is 9.36 Å². The average Bonchev–Trinajstić information content (AvgIpc) is 3.00. The number of hydrogen-bond acceptors (Lipinski definition) is 3. The van der Waals surface area contributed by atoms with Crippen LogP contribution in [0.1, 0.15) is 15.9 Å². The monoisotopic (exact) mass is 452 g/mol. The Kier molecular flexibility index (Phi) is 4.71. The highest BCUT2D eigenvalue weighted by Gasteiger charge is 2.20. The van der Waals surface area contributed by atoms with Gasteiger partial charge in [-0.2, -0.15) is 0 Å². The van der Waals surface area contributed by atoms with E-state index in [1.807, 2.05) is 25.1 Å². The smallest absolute Gasteiger partial charge is 0.333 e. The minimum atomic E-state index is -0.603. The zero-order valence-corrected chi connectivity index (χ0v) is 17.3. The van der Waals surface area contributed by atoms with Crippen LogP contribution in [0.25, 0.3) is 16.7 Å². The summed E-state index contributed by atoms with van der Waals surface area (Å²) in [4.78, 5) is 41.3. The molecule has 4 rings (SSSR count). The molecule has 2 aromatic heterocycles. The van der Waals surface area contributed by atoms with Crippen LogP contribution in [0.4, 0.5) is 5.69 Å². The first-order chi connectivity index (χ1) is 13.8. The quantitative estimate of drug-likeness (QED) is 0.499. The summed E-state index contributed by atoms with van der Waals surface area (Å²) >= 11 is 3.36. The van der Waals surface area contributed by atoms with Gasteiger partial charge in [-0.1, -0.05) is 39.7 Å². The topological polar surface area (TPSA) is 88.9 Å². The van der Waals surface area contributed by atoms with Gasteiger partial charge in [0.05, 0.1) is 16.8 Å². The molecule has 0 aliphatic rings. The van der Waals surface area contributed by atoms with Crippen molar-refractivity contribution in [2.24, 2.45) is 7.05 Å². The molecule has 0 bridgehead atoms. The van der Waals surface area contributed by atoms with Crippen LogP contribution in [0.15, 0.2) is 68.8 Å². The van der Waals surface area contributed by atoms with E-state index in [4.69, 9.17) is 0 Å². The van der Waals surface area contributed by atoms with E-state index in [2.05, 4.69) is 26.2 Å². The molecule has 29 heavy (non-hydrogen) atoms.